The summed E-state index contributed by atoms with van der Waals surface area (Å²) in [5.41, 5.74) is 0.701. The third kappa shape index (κ3) is 4.04. The van der Waals surface area contributed by atoms with Crippen molar-refractivity contribution in [3.8, 4) is 17.2 Å². The molecule has 2 N–H and O–H groups in total. The Morgan fingerprint density at radius 2 is 1.97 bits per heavy atom. The average molecular weight is 415 g/mol. The lowest BCUT2D eigenvalue weighted by Gasteiger charge is -2.26. The van der Waals surface area contributed by atoms with Gasteiger partial charge in [-0.25, -0.2) is 4.39 Å². The summed E-state index contributed by atoms with van der Waals surface area (Å²) in [5.74, 6) is -0.895. The molecule has 0 spiro atoms. The number of ketones is 1. The summed E-state index contributed by atoms with van der Waals surface area (Å²) in [7, 11) is 4.77. The molecule has 1 aliphatic heterocycles. The van der Waals surface area contributed by atoms with Gasteiger partial charge in [0.25, 0.3) is 0 Å². The highest BCUT2D eigenvalue weighted by atomic mass is 19.1. The molecule has 2 atom stereocenters. The summed E-state index contributed by atoms with van der Waals surface area (Å²) in [6.07, 6.45) is 3.26. The number of nitrogens with zero attached hydrogens (tertiary/aromatic N) is 1. The minimum atomic E-state index is -0.525. The zero-order chi connectivity index (χ0) is 21.8. The predicted octanol–water partition coefficient (Wildman–Crippen LogP) is 3.22. The number of phenols is 1. The van der Waals surface area contributed by atoms with Crippen LogP contribution >= 0.6 is 0 Å². The second-order valence-corrected chi connectivity index (χ2v) is 7.26. The van der Waals surface area contributed by atoms with Crippen molar-refractivity contribution in [1.29, 1.82) is 0 Å². The van der Waals surface area contributed by atoms with Crippen molar-refractivity contribution < 1.29 is 28.9 Å². The van der Waals surface area contributed by atoms with Crippen LogP contribution in [0.3, 0.4) is 0 Å². The van der Waals surface area contributed by atoms with Crippen LogP contribution in [0.25, 0.3) is 6.08 Å². The number of carbonyl (C=O) groups is 1. The number of likely N-dealkylation sites (tertiary alicyclic amines) is 1. The minimum Gasteiger partial charge on any atom is -0.507 e. The summed E-state index contributed by atoms with van der Waals surface area (Å²) >= 11 is 0. The van der Waals surface area contributed by atoms with Crippen LogP contribution in [0.1, 0.15) is 33.8 Å². The number of benzene rings is 2. The van der Waals surface area contributed by atoms with Crippen molar-refractivity contribution in [3.63, 3.8) is 0 Å². The van der Waals surface area contributed by atoms with E-state index in [9.17, 15) is 19.4 Å². The summed E-state index contributed by atoms with van der Waals surface area (Å²) < 4.78 is 24.7. The van der Waals surface area contributed by atoms with E-state index in [0.29, 0.717) is 17.7 Å². The molecular formula is C23H26FNO5. The Morgan fingerprint density at radius 1 is 1.27 bits per heavy atom. The van der Waals surface area contributed by atoms with E-state index in [4.69, 9.17) is 9.47 Å². The third-order valence-electron chi connectivity index (χ3n) is 5.65. The summed E-state index contributed by atoms with van der Waals surface area (Å²) in [6.45, 7) is 0.646. The first-order valence-corrected chi connectivity index (χ1v) is 9.68. The molecule has 0 radical (unpaired) electrons. The van der Waals surface area contributed by atoms with Crippen molar-refractivity contribution >= 4 is 11.9 Å². The number of ether oxygens (including phenoxy) is 2. The molecule has 0 amide bonds. The number of aromatic hydroxyl groups is 1. The molecule has 1 fully saturated rings. The summed E-state index contributed by atoms with van der Waals surface area (Å²) in [4.78, 5) is 15.0. The van der Waals surface area contributed by atoms with Crippen molar-refractivity contribution in [2.24, 2.45) is 0 Å². The number of aliphatic hydroxyl groups excluding tert-OH is 1. The first-order chi connectivity index (χ1) is 14.4. The van der Waals surface area contributed by atoms with Gasteiger partial charge in [0.2, 0.25) is 0 Å². The number of allylic oxidation sites excluding steroid dienone is 1. The SMILES string of the molecule is COc1cc(OC)c(C2CCN(C)C2CO)c(O)c1C(=O)/C=C/c1ccccc1F. The second kappa shape index (κ2) is 9.28. The van der Waals surface area contributed by atoms with Crippen molar-refractivity contribution in [1.82, 2.24) is 4.90 Å². The van der Waals surface area contributed by atoms with E-state index in [-0.39, 0.29) is 41.2 Å². The van der Waals surface area contributed by atoms with E-state index in [2.05, 4.69) is 0 Å². The maximum Gasteiger partial charge on any atom is 0.193 e. The number of hydrogen-bond donors (Lipinski definition) is 2. The van der Waals surface area contributed by atoms with Crippen LogP contribution in [0.4, 0.5) is 4.39 Å². The zero-order valence-electron chi connectivity index (χ0n) is 17.3. The van der Waals surface area contributed by atoms with E-state index < -0.39 is 11.6 Å². The number of rotatable bonds is 7. The van der Waals surface area contributed by atoms with Crippen molar-refractivity contribution in [2.45, 2.75) is 18.4 Å². The van der Waals surface area contributed by atoms with Crippen LogP contribution in [0.2, 0.25) is 0 Å². The monoisotopic (exact) mass is 415 g/mol. The van der Waals surface area contributed by atoms with E-state index in [1.54, 1.807) is 24.3 Å². The number of halogens is 1. The molecule has 0 aliphatic carbocycles. The number of hydrogen-bond acceptors (Lipinski definition) is 6. The number of aliphatic hydroxyl groups is 1. The molecule has 160 valence electrons. The van der Waals surface area contributed by atoms with Crippen molar-refractivity contribution in [2.75, 3.05) is 34.4 Å². The molecule has 0 aromatic heterocycles. The van der Waals surface area contributed by atoms with Crippen LogP contribution in [0.5, 0.6) is 17.2 Å². The standard InChI is InChI=1S/C23H26FNO5/c1-25-11-10-15(17(25)13-26)21-19(29-2)12-20(30-3)22(23(21)28)18(27)9-8-14-6-4-5-7-16(14)24/h4-9,12,15,17,26,28H,10-11,13H2,1-3H3/b9-8+. The molecule has 6 nitrogen and oxygen atoms in total. The Hall–Kier alpha value is -2.90. The van der Waals surface area contributed by atoms with Gasteiger partial charge in [-0.3, -0.25) is 4.79 Å². The van der Waals surface area contributed by atoms with E-state index in [1.807, 2.05) is 11.9 Å². The van der Waals surface area contributed by atoms with Crippen LogP contribution < -0.4 is 9.47 Å². The summed E-state index contributed by atoms with van der Waals surface area (Å²) in [5, 5.41) is 20.9. The highest BCUT2D eigenvalue weighted by Gasteiger charge is 2.37. The van der Waals surface area contributed by atoms with Crippen LogP contribution in [-0.4, -0.2) is 61.4 Å². The highest BCUT2D eigenvalue weighted by Crippen LogP contribution is 2.47. The largest absolute Gasteiger partial charge is 0.507 e. The van der Waals surface area contributed by atoms with Gasteiger partial charge >= 0.3 is 0 Å². The quantitative estimate of drug-likeness (QED) is 0.534. The Labute approximate surface area is 175 Å². The van der Waals surface area contributed by atoms with Gasteiger partial charge in [-0.1, -0.05) is 18.2 Å². The minimum absolute atomic E-state index is 0.0212. The Bertz CT molecular complexity index is 959. The Morgan fingerprint density at radius 3 is 2.60 bits per heavy atom. The topological polar surface area (TPSA) is 79.2 Å². The van der Waals surface area contributed by atoms with E-state index in [1.165, 1.54) is 32.4 Å². The molecule has 2 aromatic rings. The fourth-order valence-electron chi connectivity index (χ4n) is 4.03. The summed E-state index contributed by atoms with van der Waals surface area (Å²) in [6, 6.07) is 7.44. The molecule has 2 unspecified atom stereocenters. The molecular weight excluding hydrogens is 389 g/mol. The molecule has 2 aromatic carbocycles. The van der Waals surface area contributed by atoms with Gasteiger partial charge in [-0.05, 0) is 38.2 Å². The number of phenolic OH excluding ortho intramolecular Hbond substituents is 1. The second-order valence-electron chi connectivity index (χ2n) is 7.26. The molecule has 7 heteroatoms. The van der Waals surface area contributed by atoms with Gasteiger partial charge < -0.3 is 24.6 Å². The first kappa shape index (κ1) is 21.8. The Balaban J connectivity index is 2.08. The molecule has 30 heavy (non-hydrogen) atoms. The normalized spacial score (nSPS) is 19.4. The highest BCUT2D eigenvalue weighted by molar-refractivity contribution is 6.11. The van der Waals surface area contributed by atoms with Gasteiger partial charge in [-0.15, -0.1) is 0 Å². The van der Waals surface area contributed by atoms with Gasteiger partial charge in [0.1, 0.15) is 28.6 Å². The number of methoxy groups -OCH3 is 2. The lowest BCUT2D eigenvalue weighted by atomic mass is 9.87. The smallest absolute Gasteiger partial charge is 0.193 e. The van der Waals surface area contributed by atoms with Crippen LogP contribution in [0, 0.1) is 5.82 Å². The van der Waals surface area contributed by atoms with Gasteiger partial charge in [-0.2, -0.15) is 0 Å². The molecule has 0 saturated carbocycles. The number of carbonyl (C=O) groups excluding carboxylic acids is 1. The first-order valence-electron chi connectivity index (χ1n) is 9.68. The van der Waals surface area contributed by atoms with Crippen LogP contribution in [0.15, 0.2) is 36.4 Å². The fraction of sp³-hybridized carbons (Fsp3) is 0.348. The molecule has 3 rings (SSSR count). The lowest BCUT2D eigenvalue weighted by Crippen LogP contribution is -2.32. The maximum absolute atomic E-state index is 13.9. The molecule has 1 heterocycles. The van der Waals surface area contributed by atoms with Gasteiger partial charge in [0.15, 0.2) is 5.78 Å². The van der Waals surface area contributed by atoms with Crippen molar-refractivity contribution in [3.05, 3.63) is 58.9 Å². The van der Waals surface area contributed by atoms with Gasteiger partial charge in [0.05, 0.1) is 20.8 Å². The number of likely N-dealkylation sites (N-methyl/N-ethyl adjacent to an activating group) is 1. The maximum atomic E-state index is 13.9. The lowest BCUT2D eigenvalue weighted by molar-refractivity contribution is 0.104. The average Bonchev–Trinajstić information content (AvgIpc) is 3.11. The predicted molar refractivity (Wildman–Crippen MR) is 112 cm³/mol. The van der Waals surface area contributed by atoms with Gasteiger partial charge in [0, 0.05) is 29.2 Å². The third-order valence-corrected chi connectivity index (χ3v) is 5.65. The van der Waals surface area contributed by atoms with Crippen LogP contribution in [-0.2, 0) is 0 Å². The van der Waals surface area contributed by atoms with E-state index in [0.717, 1.165) is 6.54 Å². The molecule has 0 bridgehead atoms. The fourth-order valence-corrected chi connectivity index (χ4v) is 4.03. The van der Waals surface area contributed by atoms with E-state index >= 15 is 0 Å². The molecule has 1 aliphatic rings. The zero-order valence-corrected chi connectivity index (χ0v) is 17.3. The molecule has 1 saturated heterocycles. The Kier molecular flexibility index (Phi) is 6.74.